The number of aliphatic imine (C=N–C) groups is 1. The number of hydrogen-bond donors (Lipinski definition) is 0. The quantitative estimate of drug-likeness (QED) is 0.446. The van der Waals surface area contributed by atoms with Crippen LogP contribution in [0.15, 0.2) is 64.3 Å². The number of hydrogen-bond acceptors (Lipinski definition) is 7. The third-order valence-electron chi connectivity index (χ3n) is 6.36. The van der Waals surface area contributed by atoms with E-state index in [1.165, 1.54) is 17.8 Å². The molecule has 0 spiro atoms. The summed E-state index contributed by atoms with van der Waals surface area (Å²) >= 11 is 1.45. The van der Waals surface area contributed by atoms with E-state index in [0.717, 1.165) is 22.0 Å². The summed E-state index contributed by atoms with van der Waals surface area (Å²) in [5.41, 5.74) is 3.88. The average Bonchev–Trinajstić information content (AvgIpc) is 3.24. The Hall–Kier alpha value is -3.33. The molecule has 1 fully saturated rings. The van der Waals surface area contributed by atoms with Crippen LogP contribution < -0.4 is 0 Å². The Morgan fingerprint density at radius 3 is 2.40 bits per heavy atom. The van der Waals surface area contributed by atoms with Crippen molar-refractivity contribution >= 4 is 34.7 Å². The summed E-state index contributed by atoms with van der Waals surface area (Å²) in [6.07, 6.45) is 1.72. The highest BCUT2D eigenvalue weighted by Gasteiger charge is 2.41. The zero-order valence-corrected chi connectivity index (χ0v) is 21.1. The number of ether oxygens (including phenoxy) is 1. The molecule has 1 unspecified atom stereocenters. The SMILES string of the molecule is C=CCOC(=O)C1=C(C)N=C2SC=C(CC(=O)N3CCN(C(C)=O)CC3)N2C1c1ccc(C)cc1. The van der Waals surface area contributed by atoms with Gasteiger partial charge in [0.2, 0.25) is 11.8 Å². The van der Waals surface area contributed by atoms with Gasteiger partial charge in [-0.3, -0.25) is 9.59 Å². The van der Waals surface area contributed by atoms with Gasteiger partial charge in [-0.05, 0) is 24.8 Å². The number of nitrogens with zero attached hydrogens (tertiary/aromatic N) is 4. The third kappa shape index (κ3) is 5.19. The van der Waals surface area contributed by atoms with Crippen LogP contribution in [0.1, 0.15) is 37.4 Å². The van der Waals surface area contributed by atoms with Crippen LogP contribution in [-0.2, 0) is 19.1 Å². The lowest BCUT2D eigenvalue weighted by Crippen LogP contribution is -2.50. The molecule has 1 atom stereocenters. The Morgan fingerprint density at radius 2 is 1.77 bits per heavy atom. The van der Waals surface area contributed by atoms with E-state index in [2.05, 4.69) is 11.6 Å². The molecule has 3 aliphatic rings. The van der Waals surface area contributed by atoms with E-state index in [9.17, 15) is 14.4 Å². The third-order valence-corrected chi connectivity index (χ3v) is 7.24. The molecule has 9 heteroatoms. The molecule has 0 bridgehead atoms. The fourth-order valence-corrected chi connectivity index (χ4v) is 5.41. The molecule has 0 aromatic heterocycles. The van der Waals surface area contributed by atoms with Crippen molar-refractivity contribution in [1.29, 1.82) is 0 Å². The number of aryl methyl sites for hydroxylation is 1. The van der Waals surface area contributed by atoms with Crippen LogP contribution in [0.2, 0.25) is 0 Å². The maximum atomic E-state index is 13.2. The molecule has 1 aromatic rings. The standard InChI is InChI=1S/C26H30N4O4S/c1-5-14-34-25(33)23-18(3)27-26-30(24(23)20-8-6-17(2)7-9-20)21(16-35-26)15-22(32)29-12-10-28(11-13-29)19(4)31/h5-9,16,24H,1,10-15H2,2-4H3. The number of esters is 1. The van der Waals surface area contributed by atoms with Crippen molar-refractivity contribution < 1.29 is 19.1 Å². The molecule has 3 aliphatic heterocycles. The minimum atomic E-state index is -0.455. The van der Waals surface area contributed by atoms with Crippen LogP contribution in [0.25, 0.3) is 0 Å². The molecule has 1 saturated heterocycles. The summed E-state index contributed by atoms with van der Waals surface area (Å²) in [5.74, 6) is -0.426. The summed E-state index contributed by atoms with van der Waals surface area (Å²) in [7, 11) is 0. The summed E-state index contributed by atoms with van der Waals surface area (Å²) < 4.78 is 5.42. The van der Waals surface area contributed by atoms with Crippen molar-refractivity contribution in [1.82, 2.24) is 14.7 Å². The molecule has 4 rings (SSSR count). The average molecular weight is 495 g/mol. The second-order valence-corrected chi connectivity index (χ2v) is 9.59. The molecule has 0 radical (unpaired) electrons. The number of carbonyl (C=O) groups is 3. The molecule has 184 valence electrons. The molecule has 1 aromatic carbocycles. The maximum Gasteiger partial charge on any atom is 0.338 e. The van der Waals surface area contributed by atoms with Gasteiger partial charge in [0.05, 0.1) is 23.7 Å². The normalized spacial score (nSPS) is 19.7. The number of benzene rings is 1. The summed E-state index contributed by atoms with van der Waals surface area (Å²) in [6, 6.07) is 7.56. The predicted molar refractivity (Wildman–Crippen MR) is 136 cm³/mol. The van der Waals surface area contributed by atoms with E-state index in [-0.39, 0.29) is 24.8 Å². The summed E-state index contributed by atoms with van der Waals surface area (Å²) in [6.45, 7) is 11.2. The van der Waals surface area contributed by atoms with Crippen LogP contribution >= 0.6 is 11.8 Å². The molecular formula is C26H30N4O4S. The van der Waals surface area contributed by atoms with E-state index in [0.29, 0.717) is 37.4 Å². The van der Waals surface area contributed by atoms with Gasteiger partial charge >= 0.3 is 5.97 Å². The smallest absolute Gasteiger partial charge is 0.338 e. The minimum Gasteiger partial charge on any atom is -0.458 e. The van der Waals surface area contributed by atoms with E-state index in [1.807, 2.05) is 48.4 Å². The Kier molecular flexibility index (Phi) is 7.45. The first kappa shape index (κ1) is 24.8. The van der Waals surface area contributed by atoms with Crippen LogP contribution in [0.3, 0.4) is 0 Å². The van der Waals surface area contributed by atoms with Crippen molar-refractivity contribution in [3.05, 3.63) is 70.4 Å². The van der Waals surface area contributed by atoms with Gasteiger partial charge in [0.25, 0.3) is 0 Å². The lowest BCUT2D eigenvalue weighted by molar-refractivity contribution is -0.138. The molecule has 2 amide bonds. The highest BCUT2D eigenvalue weighted by Crippen LogP contribution is 2.45. The number of amidine groups is 1. The van der Waals surface area contributed by atoms with Crippen LogP contribution in [0, 0.1) is 6.92 Å². The fourth-order valence-electron chi connectivity index (χ4n) is 4.44. The molecule has 8 nitrogen and oxygen atoms in total. The first-order chi connectivity index (χ1) is 16.8. The lowest BCUT2D eigenvalue weighted by atomic mass is 9.93. The molecule has 3 heterocycles. The van der Waals surface area contributed by atoms with Crippen molar-refractivity contribution in [2.75, 3.05) is 32.8 Å². The number of rotatable bonds is 6. The van der Waals surface area contributed by atoms with Gasteiger partial charge < -0.3 is 19.4 Å². The van der Waals surface area contributed by atoms with Crippen LogP contribution in [0.4, 0.5) is 0 Å². The monoisotopic (exact) mass is 494 g/mol. The summed E-state index contributed by atoms with van der Waals surface area (Å²) in [4.78, 5) is 48.2. The number of fused-ring (bicyclic) bond motifs is 1. The van der Waals surface area contributed by atoms with Gasteiger partial charge in [-0.1, -0.05) is 54.2 Å². The first-order valence-electron chi connectivity index (χ1n) is 11.6. The van der Waals surface area contributed by atoms with E-state index >= 15 is 0 Å². The van der Waals surface area contributed by atoms with Gasteiger partial charge in [0.1, 0.15) is 6.61 Å². The topological polar surface area (TPSA) is 82.5 Å². The fraction of sp³-hybridized carbons (Fsp3) is 0.385. The second kappa shape index (κ2) is 10.5. The number of carbonyl (C=O) groups excluding carboxylic acids is 3. The predicted octanol–water partition coefficient (Wildman–Crippen LogP) is 3.38. The van der Waals surface area contributed by atoms with Crippen LogP contribution in [0.5, 0.6) is 0 Å². The first-order valence-corrected chi connectivity index (χ1v) is 12.5. The Balaban J connectivity index is 1.61. The second-order valence-electron chi connectivity index (χ2n) is 8.75. The zero-order valence-electron chi connectivity index (χ0n) is 20.3. The number of piperazine rings is 1. The van der Waals surface area contributed by atoms with Crippen molar-refractivity contribution in [2.45, 2.75) is 33.2 Å². The van der Waals surface area contributed by atoms with Crippen molar-refractivity contribution in [2.24, 2.45) is 4.99 Å². The molecule has 35 heavy (non-hydrogen) atoms. The van der Waals surface area contributed by atoms with Gasteiger partial charge in [-0.15, -0.1) is 0 Å². The van der Waals surface area contributed by atoms with Crippen molar-refractivity contribution in [3.8, 4) is 0 Å². The Morgan fingerprint density at radius 1 is 1.11 bits per heavy atom. The Bertz CT molecular complexity index is 1130. The summed E-state index contributed by atoms with van der Waals surface area (Å²) in [5, 5.41) is 2.67. The van der Waals surface area contributed by atoms with E-state index < -0.39 is 12.0 Å². The van der Waals surface area contributed by atoms with Gasteiger partial charge in [-0.25, -0.2) is 9.79 Å². The molecular weight excluding hydrogens is 464 g/mol. The highest BCUT2D eigenvalue weighted by molar-refractivity contribution is 8.16. The maximum absolute atomic E-state index is 13.2. The highest BCUT2D eigenvalue weighted by atomic mass is 32.2. The van der Waals surface area contributed by atoms with Gasteiger partial charge in [-0.2, -0.15) is 0 Å². The largest absolute Gasteiger partial charge is 0.458 e. The van der Waals surface area contributed by atoms with Gasteiger partial charge in [0, 0.05) is 38.8 Å². The van der Waals surface area contributed by atoms with Gasteiger partial charge in [0.15, 0.2) is 5.17 Å². The molecule has 0 saturated carbocycles. The minimum absolute atomic E-state index is 0.00832. The van der Waals surface area contributed by atoms with E-state index in [4.69, 9.17) is 4.74 Å². The van der Waals surface area contributed by atoms with E-state index in [1.54, 1.807) is 16.7 Å². The van der Waals surface area contributed by atoms with Crippen LogP contribution in [-0.4, -0.2) is 70.4 Å². The number of thioether (sulfide) groups is 1. The zero-order chi connectivity index (χ0) is 25.1. The number of amides is 2. The molecule has 0 aliphatic carbocycles. The molecule has 0 N–H and O–H groups in total. The van der Waals surface area contributed by atoms with Crippen molar-refractivity contribution in [3.63, 3.8) is 0 Å². The number of allylic oxidation sites excluding steroid dienone is 1. The Labute approximate surface area is 210 Å². The lowest BCUT2D eigenvalue weighted by Gasteiger charge is -2.37.